The number of fused-ring (bicyclic) bond motifs is 3. The van der Waals surface area contributed by atoms with Crippen molar-refractivity contribution in [2.45, 2.75) is 13.0 Å². The Kier molecular flexibility index (Phi) is 2.12. The Balaban J connectivity index is 2.02. The zero-order valence-corrected chi connectivity index (χ0v) is 10.7. The van der Waals surface area contributed by atoms with Crippen molar-refractivity contribution >= 4 is 0 Å². The van der Waals surface area contributed by atoms with E-state index in [0.717, 1.165) is 0 Å². The molecule has 1 atom stereocenters. The minimum absolute atomic E-state index is 0.259. The summed E-state index contributed by atoms with van der Waals surface area (Å²) in [6, 6.07) is 17.5. The maximum Gasteiger partial charge on any atom is 0.0959 e. The standard InChI is InChI=1S/C17H14N2/c1-12-6-2-3-7-13(12)17-15-9-5-4-8-14(15)16-10-18-11-19(16)17/h2-11,17H,1H3. The summed E-state index contributed by atoms with van der Waals surface area (Å²) in [5, 5.41) is 0. The first kappa shape index (κ1) is 10.6. The molecule has 92 valence electrons. The van der Waals surface area contributed by atoms with Gasteiger partial charge in [0.15, 0.2) is 0 Å². The van der Waals surface area contributed by atoms with Crippen LogP contribution < -0.4 is 0 Å². The van der Waals surface area contributed by atoms with E-state index in [0.29, 0.717) is 0 Å². The molecule has 1 aliphatic rings. The fourth-order valence-electron chi connectivity index (χ4n) is 3.05. The molecule has 0 N–H and O–H groups in total. The van der Waals surface area contributed by atoms with E-state index in [1.807, 2.05) is 12.5 Å². The number of imidazole rings is 1. The van der Waals surface area contributed by atoms with E-state index in [4.69, 9.17) is 0 Å². The molecule has 2 heterocycles. The second-order valence-electron chi connectivity index (χ2n) is 5.03. The molecule has 0 amide bonds. The molecule has 0 fully saturated rings. The molecule has 1 aromatic heterocycles. The topological polar surface area (TPSA) is 17.8 Å². The van der Waals surface area contributed by atoms with Gasteiger partial charge in [-0.05, 0) is 23.6 Å². The van der Waals surface area contributed by atoms with E-state index >= 15 is 0 Å². The van der Waals surface area contributed by atoms with Crippen LogP contribution >= 0.6 is 0 Å². The maximum atomic E-state index is 4.31. The van der Waals surface area contributed by atoms with Crippen molar-refractivity contribution in [2.24, 2.45) is 0 Å². The van der Waals surface area contributed by atoms with Crippen LogP contribution in [0.25, 0.3) is 11.3 Å². The van der Waals surface area contributed by atoms with Gasteiger partial charge in [0.05, 0.1) is 24.3 Å². The highest BCUT2D eigenvalue weighted by Crippen LogP contribution is 2.43. The van der Waals surface area contributed by atoms with Crippen molar-refractivity contribution in [1.82, 2.24) is 9.55 Å². The third-order valence-electron chi connectivity index (χ3n) is 3.96. The molecule has 0 spiro atoms. The largest absolute Gasteiger partial charge is 0.319 e. The monoisotopic (exact) mass is 246 g/mol. The zero-order valence-electron chi connectivity index (χ0n) is 10.7. The van der Waals surface area contributed by atoms with E-state index in [-0.39, 0.29) is 6.04 Å². The summed E-state index contributed by atoms with van der Waals surface area (Å²) in [7, 11) is 0. The van der Waals surface area contributed by atoms with Gasteiger partial charge in [-0.25, -0.2) is 4.98 Å². The quantitative estimate of drug-likeness (QED) is 0.499. The molecule has 0 bridgehead atoms. The molecule has 1 aliphatic heterocycles. The van der Waals surface area contributed by atoms with Gasteiger partial charge in [0.2, 0.25) is 0 Å². The Morgan fingerprint density at radius 2 is 1.68 bits per heavy atom. The molecule has 2 aromatic carbocycles. The van der Waals surface area contributed by atoms with Crippen LogP contribution in [0.5, 0.6) is 0 Å². The molecule has 3 aromatic rings. The van der Waals surface area contributed by atoms with Crippen molar-refractivity contribution in [2.75, 3.05) is 0 Å². The van der Waals surface area contributed by atoms with Gasteiger partial charge in [0.25, 0.3) is 0 Å². The lowest BCUT2D eigenvalue weighted by Gasteiger charge is -2.17. The maximum absolute atomic E-state index is 4.31. The number of hydrogen-bond acceptors (Lipinski definition) is 1. The van der Waals surface area contributed by atoms with Gasteiger partial charge in [0, 0.05) is 5.56 Å². The van der Waals surface area contributed by atoms with E-state index in [1.54, 1.807) is 0 Å². The normalized spacial score (nSPS) is 16.2. The summed E-state index contributed by atoms with van der Waals surface area (Å²) in [5.41, 5.74) is 6.56. The lowest BCUT2D eigenvalue weighted by Crippen LogP contribution is -2.08. The van der Waals surface area contributed by atoms with Gasteiger partial charge in [-0.15, -0.1) is 0 Å². The number of aryl methyl sites for hydroxylation is 1. The van der Waals surface area contributed by atoms with Crippen LogP contribution in [0.1, 0.15) is 22.7 Å². The Bertz CT molecular complexity index is 755. The van der Waals surface area contributed by atoms with Crippen molar-refractivity contribution in [1.29, 1.82) is 0 Å². The Morgan fingerprint density at radius 3 is 2.53 bits per heavy atom. The minimum atomic E-state index is 0.259. The molecule has 0 saturated heterocycles. The highest BCUT2D eigenvalue weighted by molar-refractivity contribution is 5.70. The average molecular weight is 246 g/mol. The first-order chi connectivity index (χ1) is 9.36. The average Bonchev–Trinajstić information content (AvgIpc) is 3.00. The summed E-state index contributed by atoms with van der Waals surface area (Å²) < 4.78 is 2.27. The van der Waals surface area contributed by atoms with Gasteiger partial charge in [0.1, 0.15) is 0 Å². The molecule has 4 rings (SSSR count). The third-order valence-corrected chi connectivity index (χ3v) is 3.96. The highest BCUT2D eigenvalue weighted by atomic mass is 15.1. The van der Waals surface area contributed by atoms with Crippen LogP contribution in [-0.4, -0.2) is 9.55 Å². The predicted molar refractivity (Wildman–Crippen MR) is 76.1 cm³/mol. The summed E-state index contributed by atoms with van der Waals surface area (Å²) in [6.45, 7) is 2.17. The molecule has 2 heteroatoms. The van der Waals surface area contributed by atoms with E-state index in [1.165, 1.54) is 27.9 Å². The third kappa shape index (κ3) is 1.40. The lowest BCUT2D eigenvalue weighted by atomic mass is 9.94. The van der Waals surface area contributed by atoms with Gasteiger partial charge in [-0.3, -0.25) is 0 Å². The van der Waals surface area contributed by atoms with Gasteiger partial charge < -0.3 is 4.57 Å². The van der Waals surface area contributed by atoms with Crippen molar-refractivity contribution < 1.29 is 0 Å². The van der Waals surface area contributed by atoms with E-state index < -0.39 is 0 Å². The summed E-state index contributed by atoms with van der Waals surface area (Å²) in [5.74, 6) is 0. The minimum Gasteiger partial charge on any atom is -0.319 e. The first-order valence-electron chi connectivity index (χ1n) is 6.53. The smallest absolute Gasteiger partial charge is 0.0959 e. The fraction of sp³-hybridized carbons (Fsp3) is 0.118. The van der Waals surface area contributed by atoms with Crippen LogP contribution in [0.4, 0.5) is 0 Å². The van der Waals surface area contributed by atoms with Crippen LogP contribution in [0.15, 0.2) is 61.1 Å². The number of benzene rings is 2. The van der Waals surface area contributed by atoms with Crippen LogP contribution in [0.3, 0.4) is 0 Å². The predicted octanol–water partition coefficient (Wildman–Crippen LogP) is 3.81. The molecule has 0 radical (unpaired) electrons. The number of hydrogen-bond donors (Lipinski definition) is 0. The SMILES string of the molecule is Cc1ccccc1C1c2ccccc2-c2cncn21. The van der Waals surface area contributed by atoms with E-state index in [9.17, 15) is 0 Å². The molecular weight excluding hydrogens is 232 g/mol. The summed E-state index contributed by atoms with van der Waals surface area (Å²) >= 11 is 0. The van der Waals surface area contributed by atoms with Crippen LogP contribution in [0, 0.1) is 6.92 Å². The molecule has 2 nitrogen and oxygen atoms in total. The summed E-state index contributed by atoms with van der Waals surface area (Å²) in [6.07, 6.45) is 3.89. The number of aromatic nitrogens is 2. The molecule has 0 aliphatic carbocycles. The van der Waals surface area contributed by atoms with Crippen molar-refractivity contribution in [3.05, 3.63) is 77.7 Å². The number of nitrogens with zero attached hydrogens (tertiary/aromatic N) is 2. The Morgan fingerprint density at radius 1 is 0.947 bits per heavy atom. The highest BCUT2D eigenvalue weighted by Gasteiger charge is 2.29. The van der Waals surface area contributed by atoms with E-state index in [2.05, 4.69) is 65.0 Å². The summed E-state index contributed by atoms with van der Waals surface area (Å²) in [4.78, 5) is 4.31. The molecule has 1 unspecified atom stereocenters. The Labute approximate surface area is 112 Å². The van der Waals surface area contributed by atoms with Crippen molar-refractivity contribution in [3.8, 4) is 11.3 Å². The van der Waals surface area contributed by atoms with Gasteiger partial charge in [-0.1, -0.05) is 48.5 Å². The second kappa shape index (κ2) is 3.82. The van der Waals surface area contributed by atoms with Gasteiger partial charge in [-0.2, -0.15) is 0 Å². The van der Waals surface area contributed by atoms with Crippen LogP contribution in [0.2, 0.25) is 0 Å². The fourth-order valence-corrected chi connectivity index (χ4v) is 3.05. The molecular formula is C17H14N2. The lowest BCUT2D eigenvalue weighted by molar-refractivity contribution is 0.707. The first-order valence-corrected chi connectivity index (χ1v) is 6.53. The zero-order chi connectivity index (χ0) is 12.8. The van der Waals surface area contributed by atoms with Crippen molar-refractivity contribution in [3.63, 3.8) is 0 Å². The number of rotatable bonds is 1. The van der Waals surface area contributed by atoms with Gasteiger partial charge >= 0.3 is 0 Å². The second-order valence-corrected chi connectivity index (χ2v) is 5.03. The Hall–Kier alpha value is -2.35. The molecule has 19 heavy (non-hydrogen) atoms. The van der Waals surface area contributed by atoms with Crippen LogP contribution in [-0.2, 0) is 0 Å². The molecule has 0 saturated carbocycles.